The van der Waals surface area contributed by atoms with Crippen molar-refractivity contribution < 1.29 is 18.7 Å². The number of halogens is 1. The monoisotopic (exact) mass is 375 g/mol. The van der Waals surface area contributed by atoms with Crippen molar-refractivity contribution in [3.63, 3.8) is 0 Å². The first kappa shape index (κ1) is 15.6. The molecule has 3 aromatic rings. The van der Waals surface area contributed by atoms with Crippen molar-refractivity contribution in [1.82, 2.24) is 4.98 Å². The third-order valence-corrected chi connectivity index (χ3v) is 4.25. The molecule has 0 aliphatic rings. The molecule has 1 aromatic carbocycles. The summed E-state index contributed by atoms with van der Waals surface area (Å²) in [4.78, 5) is 27.5. The SMILES string of the molecule is COC(=O)c1c(C)[nH]c(C(=O)c2cc3cc(Br)ccc3o2)c1C. The van der Waals surface area contributed by atoms with Gasteiger partial charge in [0.15, 0.2) is 5.76 Å². The second kappa shape index (κ2) is 5.70. The number of rotatable bonds is 3. The van der Waals surface area contributed by atoms with E-state index in [2.05, 4.69) is 20.9 Å². The predicted octanol–water partition coefficient (Wildman–Crippen LogP) is 4.16. The van der Waals surface area contributed by atoms with Crippen molar-refractivity contribution in [2.75, 3.05) is 7.11 Å². The zero-order valence-electron chi connectivity index (χ0n) is 12.8. The fourth-order valence-corrected chi connectivity index (χ4v) is 3.01. The molecule has 0 spiro atoms. The molecule has 0 aliphatic carbocycles. The number of nitrogens with one attached hydrogen (secondary N) is 1. The first-order valence-corrected chi connectivity index (χ1v) is 7.73. The molecule has 2 aromatic heterocycles. The average Bonchev–Trinajstić information content (AvgIpc) is 3.06. The summed E-state index contributed by atoms with van der Waals surface area (Å²) in [6.07, 6.45) is 0. The molecule has 0 fully saturated rings. The van der Waals surface area contributed by atoms with Crippen molar-refractivity contribution in [3.8, 4) is 0 Å². The lowest BCUT2D eigenvalue weighted by Crippen LogP contribution is -2.05. The lowest BCUT2D eigenvalue weighted by atomic mass is 10.1. The van der Waals surface area contributed by atoms with Crippen LogP contribution in [-0.4, -0.2) is 23.8 Å². The molecule has 2 heterocycles. The van der Waals surface area contributed by atoms with E-state index in [1.54, 1.807) is 26.0 Å². The molecule has 1 N–H and O–H groups in total. The van der Waals surface area contributed by atoms with E-state index >= 15 is 0 Å². The van der Waals surface area contributed by atoms with Crippen LogP contribution in [0.2, 0.25) is 0 Å². The highest BCUT2D eigenvalue weighted by molar-refractivity contribution is 9.10. The number of H-pyrrole nitrogens is 1. The number of furan rings is 1. The Morgan fingerprint density at radius 2 is 1.96 bits per heavy atom. The summed E-state index contributed by atoms with van der Waals surface area (Å²) < 4.78 is 11.3. The van der Waals surface area contributed by atoms with Crippen LogP contribution in [0, 0.1) is 13.8 Å². The number of fused-ring (bicyclic) bond motifs is 1. The number of esters is 1. The van der Waals surface area contributed by atoms with Gasteiger partial charge in [-0.15, -0.1) is 0 Å². The summed E-state index contributed by atoms with van der Waals surface area (Å²) >= 11 is 3.39. The molecule has 0 unspecified atom stereocenters. The molecule has 6 heteroatoms. The summed E-state index contributed by atoms with van der Waals surface area (Å²) in [5.41, 5.74) is 2.50. The quantitative estimate of drug-likeness (QED) is 0.551. The fraction of sp³-hybridized carbons (Fsp3) is 0.176. The molecule has 5 nitrogen and oxygen atoms in total. The molecule has 118 valence electrons. The minimum absolute atomic E-state index is 0.221. The van der Waals surface area contributed by atoms with Crippen molar-refractivity contribution in [3.05, 3.63) is 57.0 Å². The van der Waals surface area contributed by atoms with E-state index in [-0.39, 0.29) is 11.5 Å². The van der Waals surface area contributed by atoms with Crippen LogP contribution in [0.1, 0.15) is 37.9 Å². The largest absolute Gasteiger partial charge is 0.465 e. The average molecular weight is 376 g/mol. The van der Waals surface area contributed by atoms with Gasteiger partial charge in [0, 0.05) is 15.6 Å². The van der Waals surface area contributed by atoms with Crippen LogP contribution in [0.15, 0.2) is 33.2 Å². The predicted molar refractivity (Wildman–Crippen MR) is 89.0 cm³/mol. The molecule has 0 radical (unpaired) electrons. The number of ether oxygens (including phenoxy) is 1. The standard InChI is InChI=1S/C17H14BrNO4/c1-8-14(17(21)22-3)9(2)19-15(8)16(20)13-7-10-6-11(18)4-5-12(10)23-13/h4-7,19H,1-3H3. The van der Waals surface area contributed by atoms with Crippen molar-refractivity contribution >= 4 is 38.7 Å². The van der Waals surface area contributed by atoms with Gasteiger partial charge in [0.1, 0.15) is 5.58 Å². The zero-order chi connectivity index (χ0) is 16.7. The summed E-state index contributed by atoms with van der Waals surface area (Å²) in [7, 11) is 1.31. The van der Waals surface area contributed by atoms with Gasteiger partial charge in [-0.25, -0.2) is 4.79 Å². The Morgan fingerprint density at radius 3 is 2.65 bits per heavy atom. The topological polar surface area (TPSA) is 72.3 Å². The number of benzene rings is 1. The van der Waals surface area contributed by atoms with Gasteiger partial charge in [0.05, 0.1) is 18.4 Å². The molecule has 0 saturated heterocycles. The maximum absolute atomic E-state index is 12.7. The van der Waals surface area contributed by atoms with Crippen LogP contribution in [0.5, 0.6) is 0 Å². The molecule has 0 aliphatic heterocycles. The summed E-state index contributed by atoms with van der Waals surface area (Å²) in [6.45, 7) is 3.44. The molecule has 0 amide bonds. The highest BCUT2D eigenvalue weighted by Crippen LogP contribution is 2.27. The lowest BCUT2D eigenvalue weighted by molar-refractivity contribution is 0.0599. The normalized spacial score (nSPS) is 11.0. The van der Waals surface area contributed by atoms with Crippen molar-refractivity contribution in [2.45, 2.75) is 13.8 Å². The Labute approximate surface area is 140 Å². The molecular weight excluding hydrogens is 362 g/mol. The maximum Gasteiger partial charge on any atom is 0.339 e. The van der Waals surface area contributed by atoms with E-state index in [1.165, 1.54) is 7.11 Å². The van der Waals surface area contributed by atoms with Crippen LogP contribution < -0.4 is 0 Å². The molecular formula is C17H14BrNO4. The van der Waals surface area contributed by atoms with Gasteiger partial charge in [-0.1, -0.05) is 15.9 Å². The number of hydrogen-bond acceptors (Lipinski definition) is 4. The molecule has 0 saturated carbocycles. The fourth-order valence-electron chi connectivity index (χ4n) is 2.63. The third-order valence-electron chi connectivity index (χ3n) is 3.76. The van der Waals surface area contributed by atoms with E-state index in [9.17, 15) is 9.59 Å². The Hall–Kier alpha value is -2.34. The van der Waals surface area contributed by atoms with Crippen molar-refractivity contribution in [2.24, 2.45) is 0 Å². The third kappa shape index (κ3) is 2.59. The van der Waals surface area contributed by atoms with Crippen LogP contribution in [0.25, 0.3) is 11.0 Å². The molecule has 3 rings (SSSR count). The minimum atomic E-state index is -0.469. The smallest absolute Gasteiger partial charge is 0.339 e. The number of methoxy groups -OCH3 is 1. The van der Waals surface area contributed by atoms with E-state index in [1.807, 2.05) is 12.1 Å². The van der Waals surface area contributed by atoms with Crippen LogP contribution in [0.4, 0.5) is 0 Å². The highest BCUT2D eigenvalue weighted by atomic mass is 79.9. The number of aromatic amines is 1. The van der Waals surface area contributed by atoms with Crippen LogP contribution in [0.3, 0.4) is 0 Å². The first-order valence-electron chi connectivity index (χ1n) is 6.93. The first-order chi connectivity index (χ1) is 10.9. The highest BCUT2D eigenvalue weighted by Gasteiger charge is 2.25. The van der Waals surface area contributed by atoms with Gasteiger partial charge in [-0.3, -0.25) is 4.79 Å². The van der Waals surface area contributed by atoms with E-state index < -0.39 is 5.97 Å². The number of hydrogen-bond donors (Lipinski definition) is 1. The van der Waals surface area contributed by atoms with Crippen LogP contribution in [-0.2, 0) is 4.74 Å². The number of carbonyl (C=O) groups is 2. The van der Waals surface area contributed by atoms with Crippen LogP contribution >= 0.6 is 15.9 Å². The number of aryl methyl sites for hydroxylation is 1. The number of ketones is 1. The molecule has 0 bridgehead atoms. The Morgan fingerprint density at radius 1 is 1.22 bits per heavy atom. The Kier molecular flexibility index (Phi) is 3.85. The Bertz CT molecular complexity index is 936. The van der Waals surface area contributed by atoms with Gasteiger partial charge in [-0.05, 0) is 43.7 Å². The second-order valence-corrected chi connectivity index (χ2v) is 6.15. The van der Waals surface area contributed by atoms with Gasteiger partial charge in [0.25, 0.3) is 0 Å². The van der Waals surface area contributed by atoms with E-state index in [0.717, 1.165) is 9.86 Å². The molecule has 23 heavy (non-hydrogen) atoms. The Balaban J connectivity index is 2.07. The minimum Gasteiger partial charge on any atom is -0.465 e. The summed E-state index contributed by atoms with van der Waals surface area (Å²) in [5, 5.41) is 0.830. The zero-order valence-corrected chi connectivity index (χ0v) is 14.4. The van der Waals surface area contributed by atoms with E-state index in [4.69, 9.17) is 9.15 Å². The van der Waals surface area contributed by atoms with Gasteiger partial charge in [0.2, 0.25) is 5.78 Å². The number of carbonyl (C=O) groups excluding carboxylic acids is 2. The van der Waals surface area contributed by atoms with Gasteiger partial charge in [-0.2, -0.15) is 0 Å². The van der Waals surface area contributed by atoms with E-state index in [0.29, 0.717) is 28.1 Å². The van der Waals surface area contributed by atoms with Gasteiger partial charge >= 0.3 is 5.97 Å². The summed E-state index contributed by atoms with van der Waals surface area (Å²) in [6, 6.07) is 7.21. The second-order valence-electron chi connectivity index (χ2n) is 5.24. The van der Waals surface area contributed by atoms with Crippen molar-refractivity contribution in [1.29, 1.82) is 0 Å². The number of aromatic nitrogens is 1. The van der Waals surface area contributed by atoms with Gasteiger partial charge < -0.3 is 14.1 Å². The lowest BCUT2D eigenvalue weighted by Gasteiger charge is -1.99. The molecule has 0 atom stereocenters. The summed E-state index contributed by atoms with van der Waals surface area (Å²) in [5.74, 6) is -0.546. The maximum atomic E-state index is 12.7.